The summed E-state index contributed by atoms with van der Waals surface area (Å²) < 4.78 is 12.0. The molecule has 3 aliphatic rings. The maximum Gasteiger partial charge on any atom is 0.253 e. The molecule has 1 unspecified atom stereocenters. The lowest BCUT2D eigenvalue weighted by molar-refractivity contribution is 0.0367. The molecule has 3 fully saturated rings. The van der Waals surface area contributed by atoms with E-state index in [1.165, 1.54) is 31.5 Å². The molecule has 170 valence electrons. The van der Waals surface area contributed by atoms with E-state index in [2.05, 4.69) is 29.2 Å². The summed E-state index contributed by atoms with van der Waals surface area (Å²) in [5.41, 5.74) is 1.98. The Morgan fingerprint density at radius 1 is 0.906 bits per heavy atom. The molecule has 32 heavy (non-hydrogen) atoms. The number of amides is 1. The van der Waals surface area contributed by atoms with Crippen LogP contribution in [0.4, 0.5) is 0 Å². The zero-order chi connectivity index (χ0) is 21.8. The number of rotatable bonds is 8. The van der Waals surface area contributed by atoms with Gasteiger partial charge in [0.2, 0.25) is 0 Å². The van der Waals surface area contributed by atoms with Crippen molar-refractivity contribution in [1.29, 1.82) is 0 Å². The summed E-state index contributed by atoms with van der Waals surface area (Å²) in [7, 11) is 0. The SMILES string of the molecule is O=C(c1ccc(OCCN2CCCC2)cc1)N1C[C@H]2CC(OCc3ccccc3)C[C@H]2C1. The van der Waals surface area contributed by atoms with Crippen molar-refractivity contribution in [3.63, 3.8) is 0 Å². The first-order chi connectivity index (χ1) is 15.7. The third kappa shape index (κ3) is 5.16. The molecular weight excluding hydrogens is 400 g/mol. The molecule has 5 nitrogen and oxygen atoms in total. The van der Waals surface area contributed by atoms with Crippen LogP contribution < -0.4 is 4.74 Å². The number of fused-ring (bicyclic) bond motifs is 1. The van der Waals surface area contributed by atoms with Crippen LogP contribution in [0.5, 0.6) is 5.75 Å². The molecule has 0 N–H and O–H groups in total. The summed E-state index contributed by atoms with van der Waals surface area (Å²) in [6, 6.07) is 18.0. The lowest BCUT2D eigenvalue weighted by Gasteiger charge is -2.20. The highest BCUT2D eigenvalue weighted by Gasteiger charge is 2.42. The molecule has 0 spiro atoms. The van der Waals surface area contributed by atoms with Gasteiger partial charge in [0.1, 0.15) is 12.4 Å². The van der Waals surface area contributed by atoms with Gasteiger partial charge in [-0.1, -0.05) is 30.3 Å². The predicted octanol–water partition coefficient (Wildman–Crippen LogP) is 4.23. The van der Waals surface area contributed by atoms with Gasteiger partial charge in [0.05, 0.1) is 12.7 Å². The zero-order valence-corrected chi connectivity index (χ0v) is 18.8. The second-order valence-corrected chi connectivity index (χ2v) is 9.54. The molecule has 2 saturated heterocycles. The number of carbonyl (C=O) groups is 1. The van der Waals surface area contributed by atoms with Crippen LogP contribution in [0, 0.1) is 11.8 Å². The first kappa shape index (κ1) is 21.5. The number of nitrogens with zero attached hydrogens (tertiary/aromatic N) is 2. The maximum absolute atomic E-state index is 13.0. The Bertz CT molecular complexity index is 866. The van der Waals surface area contributed by atoms with Gasteiger partial charge in [-0.3, -0.25) is 9.69 Å². The van der Waals surface area contributed by atoms with E-state index in [-0.39, 0.29) is 5.91 Å². The van der Waals surface area contributed by atoms with Crippen LogP contribution in [0.3, 0.4) is 0 Å². The van der Waals surface area contributed by atoms with E-state index >= 15 is 0 Å². The molecule has 1 saturated carbocycles. The first-order valence-corrected chi connectivity index (χ1v) is 12.1. The lowest BCUT2D eigenvalue weighted by atomic mass is 10.0. The molecule has 5 heteroatoms. The summed E-state index contributed by atoms with van der Waals surface area (Å²) in [4.78, 5) is 17.5. The monoisotopic (exact) mass is 434 g/mol. The Morgan fingerprint density at radius 3 is 2.28 bits per heavy atom. The Kier molecular flexibility index (Phi) is 6.75. The molecular formula is C27H34N2O3. The van der Waals surface area contributed by atoms with Crippen molar-refractivity contribution >= 4 is 5.91 Å². The van der Waals surface area contributed by atoms with Crippen molar-refractivity contribution in [3.8, 4) is 5.75 Å². The standard InChI is InChI=1S/C27H34N2O3/c30-27(22-8-10-25(11-9-22)31-15-14-28-12-4-5-13-28)29-18-23-16-26(17-24(23)19-29)32-20-21-6-2-1-3-7-21/h1-3,6-11,23-24,26H,4-5,12-20H2/t23-,24+,26?. The molecule has 0 bridgehead atoms. The molecule has 2 aromatic rings. The molecule has 3 atom stereocenters. The van der Waals surface area contributed by atoms with Crippen molar-refractivity contribution < 1.29 is 14.3 Å². The fourth-order valence-electron chi connectivity index (χ4n) is 5.51. The Labute approximate surface area is 191 Å². The summed E-state index contributed by atoms with van der Waals surface area (Å²) in [6.45, 7) is 6.44. The van der Waals surface area contributed by atoms with Crippen molar-refractivity contribution in [2.24, 2.45) is 11.8 Å². The van der Waals surface area contributed by atoms with E-state index < -0.39 is 0 Å². The van der Waals surface area contributed by atoms with E-state index in [1.54, 1.807) is 0 Å². The average Bonchev–Trinajstić information content (AvgIpc) is 3.55. The normalized spacial score (nSPS) is 25.2. The van der Waals surface area contributed by atoms with Gasteiger partial charge < -0.3 is 14.4 Å². The van der Waals surface area contributed by atoms with Crippen LogP contribution in [-0.2, 0) is 11.3 Å². The molecule has 2 heterocycles. The van der Waals surface area contributed by atoms with E-state index in [1.807, 2.05) is 35.2 Å². The van der Waals surface area contributed by atoms with Crippen LogP contribution in [0.2, 0.25) is 0 Å². The number of hydrogen-bond donors (Lipinski definition) is 0. The first-order valence-electron chi connectivity index (χ1n) is 12.1. The van der Waals surface area contributed by atoms with Crippen LogP contribution in [0.25, 0.3) is 0 Å². The van der Waals surface area contributed by atoms with Gasteiger partial charge in [-0.05, 0) is 80.4 Å². The van der Waals surface area contributed by atoms with Crippen molar-refractivity contribution in [3.05, 3.63) is 65.7 Å². The smallest absolute Gasteiger partial charge is 0.253 e. The van der Waals surface area contributed by atoms with E-state index in [0.717, 1.165) is 43.8 Å². The number of hydrogen-bond acceptors (Lipinski definition) is 4. The van der Waals surface area contributed by atoms with E-state index in [4.69, 9.17) is 9.47 Å². The molecule has 1 amide bonds. The number of ether oxygens (including phenoxy) is 2. The minimum atomic E-state index is 0.143. The van der Waals surface area contributed by atoms with Crippen molar-refractivity contribution in [2.45, 2.75) is 38.4 Å². The fourth-order valence-corrected chi connectivity index (χ4v) is 5.51. The minimum absolute atomic E-state index is 0.143. The Balaban J connectivity index is 1.06. The third-order valence-electron chi connectivity index (χ3n) is 7.30. The highest BCUT2D eigenvalue weighted by atomic mass is 16.5. The van der Waals surface area contributed by atoms with Gasteiger partial charge in [0, 0.05) is 25.2 Å². The number of likely N-dealkylation sites (tertiary alicyclic amines) is 2. The van der Waals surface area contributed by atoms with Gasteiger partial charge in [0.25, 0.3) is 5.91 Å². The van der Waals surface area contributed by atoms with Crippen LogP contribution >= 0.6 is 0 Å². The Morgan fingerprint density at radius 2 is 1.59 bits per heavy atom. The van der Waals surface area contributed by atoms with Gasteiger partial charge in [-0.2, -0.15) is 0 Å². The van der Waals surface area contributed by atoms with Crippen LogP contribution in [0.1, 0.15) is 41.6 Å². The summed E-state index contributed by atoms with van der Waals surface area (Å²) in [5, 5.41) is 0. The Hall–Kier alpha value is -2.37. The highest BCUT2D eigenvalue weighted by Crippen LogP contribution is 2.40. The van der Waals surface area contributed by atoms with Gasteiger partial charge in [-0.15, -0.1) is 0 Å². The molecule has 2 aromatic carbocycles. The minimum Gasteiger partial charge on any atom is -0.492 e. The second-order valence-electron chi connectivity index (χ2n) is 9.54. The molecule has 2 aliphatic heterocycles. The lowest BCUT2D eigenvalue weighted by Crippen LogP contribution is -2.30. The van der Waals surface area contributed by atoms with E-state index in [0.29, 0.717) is 31.2 Å². The molecule has 5 rings (SSSR count). The maximum atomic E-state index is 13.0. The summed E-state index contributed by atoms with van der Waals surface area (Å²) >= 11 is 0. The summed E-state index contributed by atoms with van der Waals surface area (Å²) in [6.07, 6.45) is 5.04. The number of carbonyl (C=O) groups excluding carboxylic acids is 1. The predicted molar refractivity (Wildman–Crippen MR) is 125 cm³/mol. The topological polar surface area (TPSA) is 42.0 Å². The highest BCUT2D eigenvalue weighted by molar-refractivity contribution is 5.94. The van der Waals surface area contributed by atoms with Gasteiger partial charge in [-0.25, -0.2) is 0 Å². The van der Waals surface area contributed by atoms with E-state index in [9.17, 15) is 4.79 Å². The average molecular weight is 435 g/mol. The summed E-state index contributed by atoms with van der Waals surface area (Å²) in [5.74, 6) is 2.11. The second kappa shape index (κ2) is 10.1. The third-order valence-corrected chi connectivity index (χ3v) is 7.30. The molecule has 0 radical (unpaired) electrons. The van der Waals surface area contributed by atoms with Crippen LogP contribution in [-0.4, -0.2) is 61.1 Å². The van der Waals surface area contributed by atoms with Crippen molar-refractivity contribution in [2.75, 3.05) is 39.3 Å². The molecule has 0 aromatic heterocycles. The molecule has 1 aliphatic carbocycles. The quantitative estimate of drug-likeness (QED) is 0.624. The van der Waals surface area contributed by atoms with Crippen molar-refractivity contribution in [1.82, 2.24) is 9.80 Å². The van der Waals surface area contributed by atoms with Gasteiger partial charge in [0.15, 0.2) is 0 Å². The van der Waals surface area contributed by atoms with Crippen LogP contribution in [0.15, 0.2) is 54.6 Å². The fraction of sp³-hybridized carbons (Fsp3) is 0.519. The van der Waals surface area contributed by atoms with Gasteiger partial charge >= 0.3 is 0 Å². The number of benzene rings is 2. The largest absolute Gasteiger partial charge is 0.492 e. The zero-order valence-electron chi connectivity index (χ0n) is 18.8.